The van der Waals surface area contributed by atoms with E-state index in [1.54, 1.807) is 6.92 Å². The number of aryl methyl sites for hydroxylation is 1. The summed E-state index contributed by atoms with van der Waals surface area (Å²) in [5, 5.41) is 14.6. The Balaban J connectivity index is 2.41. The first-order chi connectivity index (χ1) is 9.65. The molecule has 2 unspecified atom stereocenters. The van der Waals surface area contributed by atoms with Crippen molar-refractivity contribution in [2.45, 2.75) is 51.6 Å². The van der Waals surface area contributed by atoms with Crippen LogP contribution in [0, 0.1) is 0 Å². The van der Waals surface area contributed by atoms with E-state index in [-0.39, 0.29) is 24.7 Å². The standard InChI is InChI=1S/C16H26N2O2/c1-3-7-15(18-16(20)17-13(2)12-19)11-10-14-8-5-4-6-9-14/h4-6,8-9,13,15,19H,3,7,10-12H2,1-2H3,(H2,17,18,20). The van der Waals surface area contributed by atoms with E-state index in [9.17, 15) is 4.79 Å². The lowest BCUT2D eigenvalue weighted by atomic mass is 10.0. The van der Waals surface area contributed by atoms with Gasteiger partial charge < -0.3 is 15.7 Å². The van der Waals surface area contributed by atoms with Crippen LogP contribution in [0.15, 0.2) is 30.3 Å². The predicted octanol–water partition coefficient (Wildman–Crippen LogP) is 2.47. The summed E-state index contributed by atoms with van der Waals surface area (Å²) in [6.45, 7) is 3.85. The number of aliphatic hydroxyl groups is 1. The van der Waals surface area contributed by atoms with Crippen LogP contribution in [0.1, 0.15) is 38.7 Å². The van der Waals surface area contributed by atoms with Gasteiger partial charge in [-0.25, -0.2) is 4.79 Å². The van der Waals surface area contributed by atoms with Gasteiger partial charge in [-0.15, -0.1) is 0 Å². The number of urea groups is 1. The summed E-state index contributed by atoms with van der Waals surface area (Å²) in [5.74, 6) is 0. The molecule has 0 saturated carbocycles. The minimum absolute atomic E-state index is 0.0458. The fourth-order valence-corrected chi connectivity index (χ4v) is 2.12. The second-order valence-electron chi connectivity index (χ2n) is 5.21. The number of nitrogens with one attached hydrogen (secondary N) is 2. The highest BCUT2D eigenvalue weighted by Crippen LogP contribution is 2.08. The van der Waals surface area contributed by atoms with Crippen LogP contribution in [0.3, 0.4) is 0 Å². The van der Waals surface area contributed by atoms with Gasteiger partial charge in [-0.1, -0.05) is 43.7 Å². The molecule has 0 radical (unpaired) electrons. The van der Waals surface area contributed by atoms with E-state index >= 15 is 0 Å². The Bertz CT molecular complexity index is 381. The maximum absolute atomic E-state index is 11.8. The van der Waals surface area contributed by atoms with Crippen LogP contribution in [-0.4, -0.2) is 29.8 Å². The average molecular weight is 278 g/mol. The zero-order valence-corrected chi connectivity index (χ0v) is 12.4. The zero-order valence-electron chi connectivity index (χ0n) is 12.4. The number of aliphatic hydroxyl groups excluding tert-OH is 1. The number of benzene rings is 1. The first-order valence-electron chi connectivity index (χ1n) is 7.37. The lowest BCUT2D eigenvalue weighted by molar-refractivity contribution is 0.216. The molecule has 1 aromatic rings. The molecule has 3 N–H and O–H groups in total. The van der Waals surface area contributed by atoms with Crippen molar-refractivity contribution in [3.63, 3.8) is 0 Å². The van der Waals surface area contributed by atoms with E-state index in [1.807, 2.05) is 18.2 Å². The van der Waals surface area contributed by atoms with E-state index in [4.69, 9.17) is 5.11 Å². The Morgan fingerprint density at radius 3 is 2.50 bits per heavy atom. The highest BCUT2D eigenvalue weighted by atomic mass is 16.3. The minimum atomic E-state index is -0.216. The Kier molecular flexibility index (Phi) is 7.73. The summed E-state index contributed by atoms with van der Waals surface area (Å²) in [4.78, 5) is 11.8. The highest BCUT2D eigenvalue weighted by molar-refractivity contribution is 5.74. The minimum Gasteiger partial charge on any atom is -0.394 e. The van der Waals surface area contributed by atoms with Gasteiger partial charge in [0, 0.05) is 6.04 Å². The van der Waals surface area contributed by atoms with Gasteiger partial charge in [0.25, 0.3) is 0 Å². The first kappa shape index (κ1) is 16.5. The smallest absolute Gasteiger partial charge is 0.315 e. The van der Waals surface area contributed by atoms with Gasteiger partial charge in [0.2, 0.25) is 0 Å². The van der Waals surface area contributed by atoms with Crippen molar-refractivity contribution in [1.82, 2.24) is 10.6 Å². The number of amides is 2. The van der Waals surface area contributed by atoms with Crippen LogP contribution in [0.4, 0.5) is 4.79 Å². The van der Waals surface area contributed by atoms with Crippen molar-refractivity contribution in [3.8, 4) is 0 Å². The van der Waals surface area contributed by atoms with Gasteiger partial charge in [-0.2, -0.15) is 0 Å². The summed E-state index contributed by atoms with van der Waals surface area (Å²) in [5.41, 5.74) is 1.29. The molecule has 4 nitrogen and oxygen atoms in total. The van der Waals surface area contributed by atoms with Gasteiger partial charge in [0.1, 0.15) is 0 Å². The third kappa shape index (κ3) is 6.57. The molecule has 0 aliphatic carbocycles. The zero-order chi connectivity index (χ0) is 14.8. The molecule has 0 spiro atoms. The molecule has 1 rings (SSSR count). The van der Waals surface area contributed by atoms with Crippen molar-refractivity contribution in [1.29, 1.82) is 0 Å². The Morgan fingerprint density at radius 1 is 1.20 bits per heavy atom. The Labute approximate surface area is 121 Å². The van der Waals surface area contributed by atoms with Crippen LogP contribution in [0.25, 0.3) is 0 Å². The monoisotopic (exact) mass is 278 g/mol. The van der Waals surface area contributed by atoms with Crippen LogP contribution in [0.2, 0.25) is 0 Å². The molecule has 0 fully saturated rings. The molecule has 112 valence electrons. The van der Waals surface area contributed by atoms with E-state index in [1.165, 1.54) is 5.56 Å². The summed E-state index contributed by atoms with van der Waals surface area (Å²) >= 11 is 0. The molecular weight excluding hydrogens is 252 g/mol. The van der Waals surface area contributed by atoms with E-state index < -0.39 is 0 Å². The number of carbonyl (C=O) groups excluding carboxylic acids is 1. The SMILES string of the molecule is CCCC(CCc1ccccc1)NC(=O)NC(C)CO. The van der Waals surface area contributed by atoms with Gasteiger partial charge >= 0.3 is 6.03 Å². The van der Waals surface area contributed by atoms with Crippen molar-refractivity contribution < 1.29 is 9.90 Å². The molecule has 0 saturated heterocycles. The topological polar surface area (TPSA) is 61.4 Å². The molecule has 0 heterocycles. The fraction of sp³-hybridized carbons (Fsp3) is 0.562. The van der Waals surface area contributed by atoms with E-state index in [2.05, 4.69) is 29.7 Å². The van der Waals surface area contributed by atoms with Crippen LogP contribution in [-0.2, 0) is 6.42 Å². The average Bonchev–Trinajstić information content (AvgIpc) is 2.46. The highest BCUT2D eigenvalue weighted by Gasteiger charge is 2.13. The summed E-state index contributed by atoms with van der Waals surface area (Å²) in [6.07, 6.45) is 3.89. The summed E-state index contributed by atoms with van der Waals surface area (Å²) in [7, 11) is 0. The molecule has 0 aromatic heterocycles. The molecule has 0 aliphatic rings. The second kappa shape index (κ2) is 9.37. The molecule has 20 heavy (non-hydrogen) atoms. The summed E-state index contributed by atoms with van der Waals surface area (Å²) in [6, 6.07) is 10.1. The first-order valence-corrected chi connectivity index (χ1v) is 7.37. The van der Waals surface area contributed by atoms with E-state index in [0.29, 0.717) is 0 Å². The molecule has 1 aromatic carbocycles. The Morgan fingerprint density at radius 2 is 1.90 bits per heavy atom. The quantitative estimate of drug-likeness (QED) is 0.684. The van der Waals surface area contributed by atoms with Gasteiger partial charge in [-0.05, 0) is 31.7 Å². The van der Waals surface area contributed by atoms with Crippen LogP contribution >= 0.6 is 0 Å². The number of carbonyl (C=O) groups is 1. The normalized spacial score (nSPS) is 13.6. The molecule has 2 atom stereocenters. The van der Waals surface area contributed by atoms with Crippen molar-refractivity contribution >= 4 is 6.03 Å². The number of hydrogen-bond donors (Lipinski definition) is 3. The van der Waals surface area contributed by atoms with Crippen LogP contribution < -0.4 is 10.6 Å². The molecule has 0 aliphatic heterocycles. The van der Waals surface area contributed by atoms with Crippen molar-refractivity contribution in [2.75, 3.05) is 6.61 Å². The molecule has 0 bridgehead atoms. The fourth-order valence-electron chi connectivity index (χ4n) is 2.12. The third-order valence-corrected chi connectivity index (χ3v) is 3.25. The predicted molar refractivity (Wildman–Crippen MR) is 81.7 cm³/mol. The molecule has 2 amide bonds. The molecule has 4 heteroatoms. The van der Waals surface area contributed by atoms with Gasteiger partial charge in [0.05, 0.1) is 12.6 Å². The summed E-state index contributed by atoms with van der Waals surface area (Å²) < 4.78 is 0. The maximum atomic E-state index is 11.8. The largest absolute Gasteiger partial charge is 0.394 e. The van der Waals surface area contributed by atoms with Crippen molar-refractivity contribution in [2.24, 2.45) is 0 Å². The lowest BCUT2D eigenvalue weighted by Gasteiger charge is -2.20. The Hall–Kier alpha value is -1.55. The van der Waals surface area contributed by atoms with Crippen molar-refractivity contribution in [3.05, 3.63) is 35.9 Å². The number of rotatable bonds is 8. The van der Waals surface area contributed by atoms with Gasteiger partial charge in [0.15, 0.2) is 0 Å². The van der Waals surface area contributed by atoms with E-state index in [0.717, 1.165) is 25.7 Å². The van der Waals surface area contributed by atoms with Crippen LogP contribution in [0.5, 0.6) is 0 Å². The third-order valence-electron chi connectivity index (χ3n) is 3.25. The second-order valence-corrected chi connectivity index (χ2v) is 5.21. The maximum Gasteiger partial charge on any atom is 0.315 e. The number of hydrogen-bond acceptors (Lipinski definition) is 2. The van der Waals surface area contributed by atoms with Gasteiger partial charge in [-0.3, -0.25) is 0 Å². The lowest BCUT2D eigenvalue weighted by Crippen LogP contribution is -2.46. The molecular formula is C16H26N2O2.